The van der Waals surface area contributed by atoms with Crippen LogP contribution in [0.15, 0.2) is 0 Å². The van der Waals surface area contributed by atoms with Gasteiger partial charge in [-0.25, -0.2) is 4.18 Å². The molecule has 0 aliphatic heterocycles. The van der Waals surface area contributed by atoms with Crippen molar-refractivity contribution in [3.63, 3.8) is 0 Å². The molecule has 16 heavy (non-hydrogen) atoms. The van der Waals surface area contributed by atoms with Crippen molar-refractivity contribution in [2.75, 3.05) is 6.61 Å². The third-order valence-electron chi connectivity index (χ3n) is 1.00. The van der Waals surface area contributed by atoms with Crippen molar-refractivity contribution in [1.29, 1.82) is 0 Å². The number of carbonyl (C=O) groups excluding carboxylic acids is 1. The second kappa shape index (κ2) is 11.0. The summed E-state index contributed by atoms with van der Waals surface area (Å²) in [6, 6.07) is 0. The van der Waals surface area contributed by atoms with E-state index >= 15 is 0 Å². The Morgan fingerprint density at radius 2 is 1.69 bits per heavy atom. The summed E-state index contributed by atoms with van der Waals surface area (Å²) in [4.78, 5) is 20.7. The molecule has 0 amide bonds. The van der Waals surface area contributed by atoms with Crippen LogP contribution in [0.1, 0.15) is 19.8 Å². The standard InChI is InChI=1S/C6H10O7S.2Na.2H/c1-2-12-14(10,11)13-6(9)4-3-5(7)8;;;;/h2-4H2,1H3,(H,7,8);;;;. The quantitative estimate of drug-likeness (QED) is 0.580. The number of hydrogen-bond acceptors (Lipinski definition) is 6. The van der Waals surface area contributed by atoms with Gasteiger partial charge in [0.25, 0.3) is 0 Å². The van der Waals surface area contributed by atoms with Gasteiger partial charge in [-0.05, 0) is 6.92 Å². The van der Waals surface area contributed by atoms with Crippen molar-refractivity contribution in [1.82, 2.24) is 0 Å². The summed E-state index contributed by atoms with van der Waals surface area (Å²) in [5, 5.41) is 8.18. The Hall–Kier alpha value is 0.850. The van der Waals surface area contributed by atoms with Gasteiger partial charge < -0.3 is 9.29 Å². The SMILES string of the molecule is CCOS(=O)(=O)OC(=O)CCC(=O)O.[NaH].[NaH]. The molecule has 0 aromatic carbocycles. The van der Waals surface area contributed by atoms with Crippen molar-refractivity contribution >= 4 is 81.5 Å². The van der Waals surface area contributed by atoms with Crippen LogP contribution in [-0.4, -0.2) is 91.2 Å². The molecule has 0 radical (unpaired) electrons. The van der Waals surface area contributed by atoms with Gasteiger partial charge in [0.2, 0.25) is 0 Å². The van der Waals surface area contributed by atoms with Gasteiger partial charge in [-0.3, -0.25) is 9.59 Å². The molecule has 0 spiro atoms. The molecule has 86 valence electrons. The Bertz CT molecular complexity index is 313. The minimum atomic E-state index is -4.32. The molecule has 0 saturated carbocycles. The van der Waals surface area contributed by atoms with Crippen LogP contribution in [0.25, 0.3) is 0 Å². The second-order valence-electron chi connectivity index (χ2n) is 2.16. The third-order valence-corrected chi connectivity index (χ3v) is 1.91. The number of hydrogen-bond donors (Lipinski definition) is 1. The van der Waals surface area contributed by atoms with Crippen molar-refractivity contribution in [2.45, 2.75) is 19.8 Å². The Kier molecular flexibility index (Phi) is 15.1. The fraction of sp³-hybridized carbons (Fsp3) is 0.667. The molecule has 0 bridgehead atoms. The predicted octanol–water partition coefficient (Wildman–Crippen LogP) is -1.62. The Balaban J connectivity index is -0.000000845. The van der Waals surface area contributed by atoms with E-state index in [1.54, 1.807) is 0 Å². The molecule has 0 aliphatic rings. The zero-order valence-electron chi connectivity index (χ0n) is 7.43. The van der Waals surface area contributed by atoms with Crippen LogP contribution in [0.4, 0.5) is 0 Å². The predicted molar refractivity (Wildman–Crippen MR) is 57.8 cm³/mol. The molecular weight excluding hydrogens is 262 g/mol. The maximum atomic E-state index is 10.7. The van der Waals surface area contributed by atoms with Gasteiger partial charge >= 0.3 is 81.5 Å². The Morgan fingerprint density at radius 3 is 2.06 bits per heavy atom. The van der Waals surface area contributed by atoms with Crippen LogP contribution < -0.4 is 0 Å². The van der Waals surface area contributed by atoms with E-state index in [4.69, 9.17) is 5.11 Å². The van der Waals surface area contributed by atoms with Gasteiger partial charge in [0.05, 0.1) is 19.4 Å². The van der Waals surface area contributed by atoms with E-state index in [1.807, 2.05) is 0 Å². The Labute approximate surface area is 138 Å². The second-order valence-corrected chi connectivity index (χ2v) is 3.38. The van der Waals surface area contributed by atoms with Gasteiger partial charge in [-0.2, -0.15) is 8.42 Å². The summed E-state index contributed by atoms with van der Waals surface area (Å²) in [5.41, 5.74) is 0. The number of carboxylic acids is 1. The summed E-state index contributed by atoms with van der Waals surface area (Å²) in [7, 11) is -4.32. The summed E-state index contributed by atoms with van der Waals surface area (Å²) >= 11 is 0. The maximum absolute atomic E-state index is 10.7. The first-order valence-corrected chi connectivity index (χ1v) is 5.04. The van der Waals surface area contributed by atoms with E-state index in [9.17, 15) is 18.0 Å². The molecule has 1 N–H and O–H groups in total. The fourth-order valence-corrected chi connectivity index (χ4v) is 1.18. The molecule has 0 unspecified atom stereocenters. The summed E-state index contributed by atoms with van der Waals surface area (Å²) in [5.74, 6) is -2.36. The molecule has 0 aromatic rings. The third kappa shape index (κ3) is 12.9. The van der Waals surface area contributed by atoms with Crippen LogP contribution in [0.3, 0.4) is 0 Å². The van der Waals surface area contributed by atoms with Crippen LogP contribution in [-0.2, 0) is 28.4 Å². The van der Waals surface area contributed by atoms with Gasteiger partial charge in [0.15, 0.2) is 0 Å². The average molecular weight is 274 g/mol. The van der Waals surface area contributed by atoms with E-state index in [0.717, 1.165) is 0 Å². The minimum absolute atomic E-state index is 0. The molecule has 0 heterocycles. The average Bonchev–Trinajstić information content (AvgIpc) is 1.99. The fourth-order valence-electron chi connectivity index (χ4n) is 0.533. The van der Waals surface area contributed by atoms with Crippen LogP contribution in [0.5, 0.6) is 0 Å². The number of aliphatic carboxylic acids is 1. The summed E-state index contributed by atoms with van der Waals surface area (Å²) < 4.78 is 29.3. The molecule has 7 nitrogen and oxygen atoms in total. The summed E-state index contributed by atoms with van der Waals surface area (Å²) in [6.07, 6.45) is -0.998. The van der Waals surface area contributed by atoms with Crippen molar-refractivity contribution < 1.29 is 31.5 Å². The number of carbonyl (C=O) groups is 2. The first-order chi connectivity index (χ1) is 6.37. The number of carboxylic acid groups (broad SMARTS) is 1. The normalized spacial score (nSPS) is 9.56. The van der Waals surface area contributed by atoms with E-state index < -0.39 is 35.2 Å². The van der Waals surface area contributed by atoms with Crippen molar-refractivity contribution in [3.8, 4) is 0 Å². The molecule has 0 fully saturated rings. The molecule has 0 saturated heterocycles. The molecule has 10 heteroatoms. The Morgan fingerprint density at radius 1 is 1.19 bits per heavy atom. The molecule has 0 aliphatic carbocycles. The van der Waals surface area contributed by atoms with Gasteiger partial charge in [0, 0.05) is 0 Å². The zero-order chi connectivity index (χ0) is 11.2. The monoisotopic (exact) mass is 274 g/mol. The van der Waals surface area contributed by atoms with Gasteiger partial charge in [-0.1, -0.05) is 0 Å². The zero-order valence-corrected chi connectivity index (χ0v) is 8.24. The van der Waals surface area contributed by atoms with Crippen LogP contribution >= 0.6 is 0 Å². The van der Waals surface area contributed by atoms with Crippen molar-refractivity contribution in [3.05, 3.63) is 0 Å². The van der Waals surface area contributed by atoms with Gasteiger partial charge in [0.1, 0.15) is 0 Å². The van der Waals surface area contributed by atoms with E-state index in [-0.39, 0.29) is 65.7 Å². The molecule has 0 atom stereocenters. The van der Waals surface area contributed by atoms with Gasteiger partial charge in [-0.15, -0.1) is 0 Å². The number of rotatable bonds is 6. The molecule has 0 aromatic heterocycles. The first-order valence-electron chi connectivity index (χ1n) is 3.71. The molecule has 0 rings (SSSR count). The van der Waals surface area contributed by atoms with E-state index in [2.05, 4.69) is 8.37 Å². The van der Waals surface area contributed by atoms with Crippen LogP contribution in [0, 0.1) is 0 Å². The first kappa shape index (κ1) is 22.1. The summed E-state index contributed by atoms with van der Waals surface area (Å²) in [6.45, 7) is 1.25. The van der Waals surface area contributed by atoms with Crippen LogP contribution in [0.2, 0.25) is 0 Å². The molecular formula is C6H12Na2O7S. The van der Waals surface area contributed by atoms with E-state index in [0.29, 0.717) is 0 Å². The van der Waals surface area contributed by atoms with E-state index in [1.165, 1.54) is 6.92 Å². The van der Waals surface area contributed by atoms with Crippen molar-refractivity contribution in [2.24, 2.45) is 0 Å². The topological polar surface area (TPSA) is 107 Å².